The molecule has 0 N–H and O–H groups in total. The molecule has 0 atom stereocenters. The predicted octanol–water partition coefficient (Wildman–Crippen LogP) is 3.20. The number of aromatic nitrogens is 6. The summed E-state index contributed by atoms with van der Waals surface area (Å²) in [6.45, 7) is 0.654. The van der Waals surface area contributed by atoms with Crippen LogP contribution in [0.1, 0.15) is 5.56 Å². The minimum atomic E-state index is 0.654. The molecule has 5 aromatic rings. The van der Waals surface area contributed by atoms with Gasteiger partial charge in [0.2, 0.25) is 0 Å². The quantitative estimate of drug-likeness (QED) is 0.495. The van der Waals surface area contributed by atoms with Gasteiger partial charge in [0.15, 0.2) is 17.1 Å². The summed E-state index contributed by atoms with van der Waals surface area (Å²) in [5, 5.41) is 14.1. The second-order valence-electron chi connectivity index (χ2n) is 6.19. The summed E-state index contributed by atoms with van der Waals surface area (Å²) in [7, 11) is 1.64. The molecule has 27 heavy (non-hydrogen) atoms. The van der Waals surface area contributed by atoms with E-state index in [-0.39, 0.29) is 0 Å². The Balaban J connectivity index is 1.64. The van der Waals surface area contributed by atoms with E-state index in [2.05, 4.69) is 32.4 Å². The van der Waals surface area contributed by atoms with Crippen molar-refractivity contribution in [2.45, 2.75) is 6.54 Å². The number of methoxy groups -OCH3 is 1. The van der Waals surface area contributed by atoms with Crippen LogP contribution in [0.4, 0.5) is 0 Å². The first kappa shape index (κ1) is 15.5. The third-order valence-electron chi connectivity index (χ3n) is 4.57. The number of rotatable bonds is 4. The van der Waals surface area contributed by atoms with Gasteiger partial charge in [-0.1, -0.05) is 42.5 Å². The molecule has 7 heteroatoms. The molecule has 0 bridgehead atoms. The zero-order valence-electron chi connectivity index (χ0n) is 14.6. The fourth-order valence-electron chi connectivity index (χ4n) is 3.25. The lowest BCUT2D eigenvalue weighted by Gasteiger charge is -2.06. The molecule has 0 aliphatic heterocycles. The van der Waals surface area contributed by atoms with Gasteiger partial charge in [0.05, 0.1) is 30.8 Å². The van der Waals surface area contributed by atoms with Gasteiger partial charge in [0.1, 0.15) is 12.1 Å². The minimum Gasteiger partial charge on any atom is -0.496 e. The number of hydrogen-bond acceptors (Lipinski definition) is 5. The fourth-order valence-corrected chi connectivity index (χ4v) is 3.25. The number of benzene rings is 2. The fraction of sp³-hybridized carbons (Fsp3) is 0.100. The monoisotopic (exact) mass is 356 g/mol. The molecular weight excluding hydrogens is 340 g/mol. The maximum atomic E-state index is 5.46. The first-order valence-electron chi connectivity index (χ1n) is 8.58. The molecule has 0 saturated heterocycles. The van der Waals surface area contributed by atoms with E-state index in [1.54, 1.807) is 19.6 Å². The van der Waals surface area contributed by atoms with Crippen LogP contribution in [0.25, 0.3) is 28.1 Å². The topological polar surface area (TPSA) is 70.1 Å². The van der Waals surface area contributed by atoms with Crippen LogP contribution in [0.3, 0.4) is 0 Å². The molecule has 3 aromatic heterocycles. The molecule has 132 valence electrons. The number of ether oxygens (including phenoxy) is 1. The van der Waals surface area contributed by atoms with Gasteiger partial charge in [-0.2, -0.15) is 5.10 Å². The number of nitrogens with zero attached hydrogens (tertiary/aromatic N) is 6. The molecule has 0 aliphatic carbocycles. The molecule has 5 rings (SSSR count). The van der Waals surface area contributed by atoms with Crippen LogP contribution in [0.2, 0.25) is 0 Å². The molecule has 0 unspecified atom stereocenters. The SMILES string of the molecule is COc1ccccc1-c1nnc2c3cnn(Cc4ccccc4)c3ncn12. The van der Waals surface area contributed by atoms with Gasteiger partial charge in [-0.3, -0.25) is 4.40 Å². The normalized spacial score (nSPS) is 11.3. The molecule has 0 saturated carbocycles. The van der Waals surface area contributed by atoms with Gasteiger partial charge in [-0.25, -0.2) is 9.67 Å². The third-order valence-corrected chi connectivity index (χ3v) is 4.57. The molecule has 0 aliphatic rings. The van der Waals surface area contributed by atoms with E-state index in [0.29, 0.717) is 12.4 Å². The van der Waals surface area contributed by atoms with Crippen molar-refractivity contribution in [3.05, 3.63) is 72.7 Å². The van der Waals surface area contributed by atoms with Crippen molar-refractivity contribution in [3.8, 4) is 17.1 Å². The van der Waals surface area contributed by atoms with Crippen molar-refractivity contribution in [3.63, 3.8) is 0 Å². The molecule has 0 amide bonds. The van der Waals surface area contributed by atoms with E-state index < -0.39 is 0 Å². The van der Waals surface area contributed by atoms with Gasteiger partial charge < -0.3 is 4.74 Å². The summed E-state index contributed by atoms with van der Waals surface area (Å²) in [6.07, 6.45) is 3.53. The smallest absolute Gasteiger partial charge is 0.175 e. The lowest BCUT2D eigenvalue weighted by atomic mass is 10.2. The maximum Gasteiger partial charge on any atom is 0.175 e. The van der Waals surface area contributed by atoms with Crippen LogP contribution in [-0.4, -0.2) is 36.5 Å². The molecule has 2 aromatic carbocycles. The molecule has 0 spiro atoms. The Morgan fingerprint density at radius 1 is 0.926 bits per heavy atom. The summed E-state index contributed by atoms with van der Waals surface area (Å²) >= 11 is 0. The lowest BCUT2D eigenvalue weighted by molar-refractivity contribution is 0.416. The van der Waals surface area contributed by atoms with Crippen LogP contribution in [0.5, 0.6) is 5.75 Å². The zero-order chi connectivity index (χ0) is 18.2. The number of hydrogen-bond donors (Lipinski definition) is 0. The Hall–Kier alpha value is -3.74. The van der Waals surface area contributed by atoms with Crippen molar-refractivity contribution in [2.24, 2.45) is 0 Å². The van der Waals surface area contributed by atoms with Gasteiger partial charge in [0.25, 0.3) is 0 Å². The van der Waals surface area contributed by atoms with Crippen molar-refractivity contribution >= 4 is 16.7 Å². The number of para-hydroxylation sites is 1. The van der Waals surface area contributed by atoms with E-state index in [0.717, 1.165) is 28.0 Å². The van der Waals surface area contributed by atoms with E-state index in [4.69, 9.17) is 4.74 Å². The summed E-state index contributed by atoms with van der Waals surface area (Å²) in [6, 6.07) is 17.9. The van der Waals surface area contributed by atoms with Gasteiger partial charge in [0, 0.05) is 0 Å². The van der Waals surface area contributed by atoms with Crippen molar-refractivity contribution < 1.29 is 4.74 Å². The average molecular weight is 356 g/mol. The largest absolute Gasteiger partial charge is 0.496 e. The summed E-state index contributed by atoms with van der Waals surface area (Å²) in [5.74, 6) is 1.43. The molecule has 0 radical (unpaired) electrons. The van der Waals surface area contributed by atoms with Crippen molar-refractivity contribution in [1.29, 1.82) is 0 Å². The second-order valence-corrected chi connectivity index (χ2v) is 6.19. The summed E-state index contributed by atoms with van der Waals surface area (Å²) in [4.78, 5) is 4.62. The van der Waals surface area contributed by atoms with Gasteiger partial charge >= 0.3 is 0 Å². The third kappa shape index (κ3) is 2.52. The Kier molecular flexibility index (Phi) is 3.57. The molecule has 3 heterocycles. The van der Waals surface area contributed by atoms with E-state index in [9.17, 15) is 0 Å². The highest BCUT2D eigenvalue weighted by Crippen LogP contribution is 2.29. The maximum absolute atomic E-state index is 5.46. The molecule has 7 nitrogen and oxygen atoms in total. The van der Waals surface area contributed by atoms with E-state index in [1.165, 1.54) is 5.56 Å². The van der Waals surface area contributed by atoms with Crippen LogP contribution in [-0.2, 0) is 6.54 Å². The highest BCUT2D eigenvalue weighted by atomic mass is 16.5. The Labute approximate surface area is 154 Å². The van der Waals surface area contributed by atoms with Crippen LogP contribution in [0, 0.1) is 0 Å². The Morgan fingerprint density at radius 2 is 1.74 bits per heavy atom. The Bertz CT molecular complexity index is 1240. The van der Waals surface area contributed by atoms with E-state index in [1.807, 2.05) is 51.5 Å². The molecule has 0 fully saturated rings. The van der Waals surface area contributed by atoms with Crippen molar-refractivity contribution in [1.82, 2.24) is 29.4 Å². The van der Waals surface area contributed by atoms with Crippen LogP contribution >= 0.6 is 0 Å². The Morgan fingerprint density at radius 3 is 2.59 bits per heavy atom. The average Bonchev–Trinajstić information content (AvgIpc) is 3.33. The van der Waals surface area contributed by atoms with Gasteiger partial charge in [-0.05, 0) is 17.7 Å². The van der Waals surface area contributed by atoms with Crippen LogP contribution < -0.4 is 4.74 Å². The first-order valence-corrected chi connectivity index (χ1v) is 8.58. The first-order chi connectivity index (χ1) is 13.3. The second kappa shape index (κ2) is 6.21. The highest BCUT2D eigenvalue weighted by Gasteiger charge is 2.16. The minimum absolute atomic E-state index is 0.654. The lowest BCUT2D eigenvalue weighted by Crippen LogP contribution is -2.03. The van der Waals surface area contributed by atoms with Crippen LogP contribution in [0.15, 0.2) is 67.1 Å². The standard InChI is InChI=1S/C20H16N6O/c1-27-17-10-6-5-9-15(17)19-23-24-20-16-11-22-26(18(16)21-13-25(19)20)12-14-7-3-2-4-8-14/h2-11,13H,12H2,1H3. The highest BCUT2D eigenvalue weighted by molar-refractivity contribution is 5.89. The van der Waals surface area contributed by atoms with E-state index >= 15 is 0 Å². The van der Waals surface area contributed by atoms with Crippen molar-refractivity contribution in [2.75, 3.05) is 7.11 Å². The zero-order valence-corrected chi connectivity index (χ0v) is 14.6. The summed E-state index contributed by atoms with van der Waals surface area (Å²) < 4.78 is 9.20. The predicted molar refractivity (Wildman–Crippen MR) is 102 cm³/mol. The summed E-state index contributed by atoms with van der Waals surface area (Å²) in [5.41, 5.74) is 3.54. The van der Waals surface area contributed by atoms with Gasteiger partial charge in [-0.15, -0.1) is 10.2 Å². The molecular formula is C20H16N6O. The number of fused-ring (bicyclic) bond motifs is 3.